The number of nitrogens with zero attached hydrogens (tertiary/aromatic N) is 3. The quantitative estimate of drug-likeness (QED) is 0.718. The Kier molecular flexibility index (Phi) is 4.36. The van der Waals surface area contributed by atoms with Gasteiger partial charge in [-0.3, -0.25) is 4.98 Å². The molecule has 3 nitrogen and oxygen atoms in total. The van der Waals surface area contributed by atoms with Crippen LogP contribution in [0, 0.1) is 11.3 Å². The van der Waals surface area contributed by atoms with Crippen molar-refractivity contribution in [3.05, 3.63) is 24.5 Å². The monoisotopic (exact) mass is 223 g/mol. The molecular formula is C9H9N3S2. The summed E-state index contributed by atoms with van der Waals surface area (Å²) in [5.74, 6) is 0.383. The Morgan fingerprint density at radius 3 is 2.86 bits per heavy atom. The van der Waals surface area contributed by atoms with Crippen LogP contribution in [0.4, 0.5) is 5.69 Å². The van der Waals surface area contributed by atoms with E-state index in [2.05, 4.69) is 4.98 Å². The Morgan fingerprint density at radius 2 is 2.29 bits per heavy atom. The summed E-state index contributed by atoms with van der Waals surface area (Å²) in [5.41, 5.74) is 0.982. The van der Waals surface area contributed by atoms with Gasteiger partial charge in [0.05, 0.1) is 11.8 Å². The van der Waals surface area contributed by atoms with Crippen molar-refractivity contribution in [2.45, 2.75) is 0 Å². The number of pyridine rings is 1. The minimum absolute atomic E-state index is 0.383. The van der Waals surface area contributed by atoms with Crippen molar-refractivity contribution < 1.29 is 0 Å². The number of hydrogen-bond acceptors (Lipinski definition) is 4. The molecule has 14 heavy (non-hydrogen) atoms. The summed E-state index contributed by atoms with van der Waals surface area (Å²) in [4.78, 5) is 5.78. The largest absolute Gasteiger partial charge is 0.330 e. The minimum atomic E-state index is 0.383. The molecular weight excluding hydrogens is 214 g/mol. The first-order chi connectivity index (χ1) is 6.75. The second-order valence-electron chi connectivity index (χ2n) is 2.48. The van der Waals surface area contributed by atoms with E-state index in [1.807, 2.05) is 30.1 Å². The number of thiocarbonyl (C=S) groups is 1. The highest BCUT2D eigenvalue weighted by molar-refractivity contribution is 8.23. The molecule has 0 spiro atoms. The fraction of sp³-hybridized carbons (Fsp3) is 0.222. The van der Waals surface area contributed by atoms with Gasteiger partial charge in [-0.15, -0.1) is 0 Å². The van der Waals surface area contributed by atoms with Gasteiger partial charge in [-0.2, -0.15) is 5.26 Å². The first-order valence-electron chi connectivity index (χ1n) is 3.93. The average molecular weight is 223 g/mol. The summed E-state index contributed by atoms with van der Waals surface area (Å²) >= 11 is 6.50. The summed E-state index contributed by atoms with van der Waals surface area (Å²) in [6.07, 6.45) is 3.42. The standard InChI is InChI=1S/C9H9N3S2/c1-12(9(13)14-7-4-10)8-2-5-11-6-3-8/h2-3,5-6H,7H2,1H3. The average Bonchev–Trinajstić information content (AvgIpc) is 2.26. The first kappa shape index (κ1) is 11.0. The molecule has 72 valence electrons. The smallest absolute Gasteiger partial charge is 0.141 e. The third-order valence-corrected chi connectivity index (χ3v) is 3.01. The normalized spacial score (nSPS) is 9.14. The van der Waals surface area contributed by atoms with Crippen LogP contribution in [-0.4, -0.2) is 22.1 Å². The van der Waals surface area contributed by atoms with Gasteiger partial charge in [-0.25, -0.2) is 0 Å². The van der Waals surface area contributed by atoms with Crippen LogP contribution in [0.15, 0.2) is 24.5 Å². The summed E-state index contributed by atoms with van der Waals surface area (Å²) in [5, 5.41) is 8.41. The fourth-order valence-corrected chi connectivity index (χ4v) is 1.63. The van der Waals surface area contributed by atoms with Gasteiger partial charge in [-0.05, 0) is 12.1 Å². The Balaban J connectivity index is 2.62. The maximum Gasteiger partial charge on any atom is 0.141 e. The third kappa shape index (κ3) is 2.98. The molecule has 0 bridgehead atoms. The highest BCUT2D eigenvalue weighted by Gasteiger charge is 2.06. The lowest BCUT2D eigenvalue weighted by atomic mass is 10.4. The summed E-state index contributed by atoms with van der Waals surface area (Å²) in [6, 6.07) is 5.79. The van der Waals surface area contributed by atoms with Crippen molar-refractivity contribution >= 4 is 34.0 Å². The van der Waals surface area contributed by atoms with Crippen LogP contribution in [0.2, 0.25) is 0 Å². The van der Waals surface area contributed by atoms with Crippen molar-refractivity contribution in [2.75, 3.05) is 17.7 Å². The van der Waals surface area contributed by atoms with Gasteiger partial charge in [0.1, 0.15) is 4.32 Å². The molecule has 0 atom stereocenters. The number of thioether (sulfide) groups is 1. The number of aromatic nitrogens is 1. The van der Waals surface area contributed by atoms with E-state index in [0.717, 1.165) is 5.69 Å². The molecule has 0 saturated carbocycles. The minimum Gasteiger partial charge on any atom is -0.330 e. The van der Waals surface area contributed by atoms with Crippen molar-refractivity contribution in [1.29, 1.82) is 5.26 Å². The molecule has 0 fully saturated rings. The molecule has 1 rings (SSSR count). The molecule has 1 heterocycles. The first-order valence-corrected chi connectivity index (χ1v) is 5.32. The van der Waals surface area contributed by atoms with Gasteiger partial charge in [0, 0.05) is 25.1 Å². The zero-order valence-corrected chi connectivity index (χ0v) is 9.31. The number of nitriles is 1. The van der Waals surface area contributed by atoms with Crippen molar-refractivity contribution in [1.82, 2.24) is 4.98 Å². The lowest BCUT2D eigenvalue weighted by Gasteiger charge is -2.18. The van der Waals surface area contributed by atoms with Crippen LogP contribution in [0.25, 0.3) is 0 Å². The van der Waals surface area contributed by atoms with Crippen LogP contribution in [0.5, 0.6) is 0 Å². The van der Waals surface area contributed by atoms with Gasteiger partial charge in [-0.1, -0.05) is 24.0 Å². The predicted octanol–water partition coefficient (Wildman–Crippen LogP) is 2.06. The number of anilines is 1. The summed E-state index contributed by atoms with van der Waals surface area (Å²) < 4.78 is 0.692. The van der Waals surface area contributed by atoms with Crippen LogP contribution in [0.3, 0.4) is 0 Å². The SMILES string of the molecule is CN(C(=S)SCC#N)c1ccncc1. The molecule has 0 unspecified atom stereocenters. The second-order valence-corrected chi connectivity index (χ2v) is 4.09. The molecule has 0 radical (unpaired) electrons. The van der Waals surface area contributed by atoms with Gasteiger partial charge in [0.2, 0.25) is 0 Å². The van der Waals surface area contributed by atoms with E-state index in [9.17, 15) is 0 Å². The van der Waals surface area contributed by atoms with E-state index < -0.39 is 0 Å². The lowest BCUT2D eigenvalue weighted by Crippen LogP contribution is -2.21. The van der Waals surface area contributed by atoms with Crippen LogP contribution in [-0.2, 0) is 0 Å². The van der Waals surface area contributed by atoms with Gasteiger partial charge >= 0.3 is 0 Å². The van der Waals surface area contributed by atoms with E-state index >= 15 is 0 Å². The molecule has 5 heteroatoms. The van der Waals surface area contributed by atoms with E-state index in [-0.39, 0.29) is 0 Å². The van der Waals surface area contributed by atoms with Crippen molar-refractivity contribution in [3.63, 3.8) is 0 Å². The predicted molar refractivity (Wildman–Crippen MR) is 63.3 cm³/mol. The number of hydrogen-bond donors (Lipinski definition) is 0. The molecule has 0 aliphatic rings. The molecule has 0 N–H and O–H groups in total. The Hall–Kier alpha value is -1.12. The highest BCUT2D eigenvalue weighted by Crippen LogP contribution is 2.16. The van der Waals surface area contributed by atoms with Crippen molar-refractivity contribution in [3.8, 4) is 6.07 Å². The second kappa shape index (κ2) is 5.58. The van der Waals surface area contributed by atoms with Crippen LogP contribution >= 0.6 is 24.0 Å². The van der Waals surface area contributed by atoms with Crippen molar-refractivity contribution in [2.24, 2.45) is 0 Å². The van der Waals surface area contributed by atoms with Gasteiger partial charge in [0.25, 0.3) is 0 Å². The van der Waals surface area contributed by atoms with E-state index in [0.29, 0.717) is 10.1 Å². The Morgan fingerprint density at radius 1 is 1.64 bits per heavy atom. The molecule has 0 amide bonds. The molecule has 1 aromatic heterocycles. The van der Waals surface area contributed by atoms with E-state index in [1.54, 1.807) is 12.4 Å². The molecule has 1 aromatic rings. The molecule has 0 aromatic carbocycles. The number of rotatable bonds is 2. The Labute approximate surface area is 92.7 Å². The molecule has 0 saturated heterocycles. The fourth-order valence-electron chi connectivity index (χ4n) is 0.864. The zero-order chi connectivity index (χ0) is 10.4. The maximum absolute atomic E-state index is 8.41. The lowest BCUT2D eigenvalue weighted by molar-refractivity contribution is 1.25. The molecule has 0 aliphatic heterocycles. The van der Waals surface area contributed by atoms with E-state index in [4.69, 9.17) is 17.5 Å². The van der Waals surface area contributed by atoms with E-state index in [1.165, 1.54) is 11.8 Å². The Bertz CT molecular complexity index is 345. The van der Waals surface area contributed by atoms with Crippen LogP contribution < -0.4 is 4.90 Å². The van der Waals surface area contributed by atoms with Gasteiger partial charge < -0.3 is 4.90 Å². The topological polar surface area (TPSA) is 39.9 Å². The van der Waals surface area contributed by atoms with Crippen LogP contribution in [0.1, 0.15) is 0 Å². The highest BCUT2D eigenvalue weighted by atomic mass is 32.2. The maximum atomic E-state index is 8.41. The third-order valence-electron chi connectivity index (χ3n) is 1.58. The molecule has 0 aliphatic carbocycles. The summed E-state index contributed by atoms with van der Waals surface area (Å²) in [6.45, 7) is 0. The summed E-state index contributed by atoms with van der Waals surface area (Å²) in [7, 11) is 1.88. The van der Waals surface area contributed by atoms with Gasteiger partial charge in [0.15, 0.2) is 0 Å². The zero-order valence-electron chi connectivity index (χ0n) is 7.67.